The molecular formula is C8H18ClP. The molecule has 0 aliphatic rings. The van der Waals surface area contributed by atoms with Gasteiger partial charge in [0, 0.05) is 0 Å². The summed E-state index contributed by atoms with van der Waals surface area (Å²) in [6.45, 7) is 2.25. The minimum Gasteiger partial charge on any atom is -0.100 e. The lowest BCUT2D eigenvalue weighted by Crippen LogP contribution is -1.78. The van der Waals surface area contributed by atoms with Crippen molar-refractivity contribution in [2.24, 2.45) is 0 Å². The molecule has 0 saturated carbocycles. The molecule has 0 fully saturated rings. The predicted octanol–water partition coefficient (Wildman–Crippen LogP) is 4.18. The molecule has 0 nitrogen and oxygen atoms in total. The lowest BCUT2D eigenvalue weighted by molar-refractivity contribution is 0.627. The molecule has 0 N–H and O–H groups in total. The van der Waals surface area contributed by atoms with Crippen LogP contribution in [0.15, 0.2) is 0 Å². The first-order valence-electron chi connectivity index (χ1n) is 4.25. The van der Waals surface area contributed by atoms with Crippen LogP contribution in [0.5, 0.6) is 0 Å². The molecule has 1 atom stereocenters. The Balaban J connectivity index is 2.65. The highest BCUT2D eigenvalue weighted by Crippen LogP contribution is 2.18. The van der Waals surface area contributed by atoms with Crippen molar-refractivity contribution in [3.63, 3.8) is 0 Å². The second kappa shape index (κ2) is 9.72. The molecule has 0 heterocycles. The molecule has 0 rings (SSSR count). The van der Waals surface area contributed by atoms with Crippen LogP contribution < -0.4 is 0 Å². The Hall–Kier alpha value is 0.720. The van der Waals surface area contributed by atoms with E-state index in [1.54, 1.807) is 0 Å². The van der Waals surface area contributed by atoms with E-state index in [4.69, 9.17) is 11.2 Å². The summed E-state index contributed by atoms with van der Waals surface area (Å²) < 4.78 is 0. The molecule has 0 aromatic rings. The van der Waals surface area contributed by atoms with Crippen molar-refractivity contribution in [1.82, 2.24) is 0 Å². The molecule has 0 bridgehead atoms. The Morgan fingerprint density at radius 2 is 1.60 bits per heavy atom. The zero-order valence-electron chi connectivity index (χ0n) is 6.83. The zero-order chi connectivity index (χ0) is 7.66. The first-order chi connectivity index (χ1) is 4.91. The topological polar surface area (TPSA) is 0 Å². The van der Waals surface area contributed by atoms with Gasteiger partial charge in [0.1, 0.15) is 0 Å². The SMILES string of the molecule is CCCCCCCCPCl. The van der Waals surface area contributed by atoms with Crippen molar-refractivity contribution in [3.05, 3.63) is 0 Å². The van der Waals surface area contributed by atoms with Crippen molar-refractivity contribution >= 4 is 19.2 Å². The average molecular weight is 181 g/mol. The van der Waals surface area contributed by atoms with Crippen LogP contribution in [-0.2, 0) is 0 Å². The van der Waals surface area contributed by atoms with Crippen molar-refractivity contribution < 1.29 is 0 Å². The molecule has 0 aliphatic carbocycles. The zero-order valence-corrected chi connectivity index (χ0v) is 8.58. The summed E-state index contributed by atoms with van der Waals surface area (Å²) in [4.78, 5) is 0. The van der Waals surface area contributed by atoms with Crippen LogP contribution in [0.3, 0.4) is 0 Å². The number of rotatable bonds is 7. The van der Waals surface area contributed by atoms with Gasteiger partial charge in [0.25, 0.3) is 0 Å². The minimum absolute atomic E-state index is 0.642. The van der Waals surface area contributed by atoms with E-state index in [1.165, 1.54) is 44.7 Å². The van der Waals surface area contributed by atoms with Gasteiger partial charge in [0.15, 0.2) is 0 Å². The maximum Gasteiger partial charge on any atom is -0.0214 e. The van der Waals surface area contributed by atoms with Crippen LogP contribution >= 0.6 is 19.2 Å². The highest BCUT2D eigenvalue weighted by molar-refractivity contribution is 7.68. The molecule has 10 heavy (non-hydrogen) atoms. The summed E-state index contributed by atoms with van der Waals surface area (Å²) in [6, 6.07) is 0. The molecule has 1 unspecified atom stereocenters. The van der Waals surface area contributed by atoms with Gasteiger partial charge in [-0.05, 0) is 20.5 Å². The third-order valence-electron chi connectivity index (χ3n) is 1.62. The monoisotopic (exact) mass is 180 g/mol. The van der Waals surface area contributed by atoms with Crippen molar-refractivity contribution in [2.45, 2.75) is 45.4 Å². The number of hydrogen-bond acceptors (Lipinski definition) is 0. The summed E-state index contributed by atoms with van der Waals surface area (Å²) in [5.41, 5.74) is 0. The molecule has 0 aromatic heterocycles. The highest BCUT2D eigenvalue weighted by atomic mass is 35.7. The third kappa shape index (κ3) is 8.72. The average Bonchev–Trinajstić information content (AvgIpc) is 1.97. The summed E-state index contributed by atoms with van der Waals surface area (Å²) in [7, 11) is 0.642. The molecule has 0 spiro atoms. The Labute approximate surface area is 71.3 Å². The molecule has 0 amide bonds. The van der Waals surface area contributed by atoms with Crippen LogP contribution in [0.1, 0.15) is 45.4 Å². The van der Waals surface area contributed by atoms with E-state index in [2.05, 4.69) is 6.92 Å². The van der Waals surface area contributed by atoms with E-state index in [0.29, 0.717) is 7.93 Å². The van der Waals surface area contributed by atoms with Crippen molar-refractivity contribution in [2.75, 3.05) is 6.16 Å². The Morgan fingerprint density at radius 3 is 2.20 bits per heavy atom. The predicted molar refractivity (Wildman–Crippen MR) is 52.4 cm³/mol. The summed E-state index contributed by atoms with van der Waals surface area (Å²) >= 11 is 5.57. The van der Waals surface area contributed by atoms with E-state index in [-0.39, 0.29) is 0 Å². The van der Waals surface area contributed by atoms with Crippen LogP contribution in [0.4, 0.5) is 0 Å². The first-order valence-corrected chi connectivity index (χ1v) is 6.47. The minimum atomic E-state index is 0.642. The Morgan fingerprint density at radius 1 is 1.00 bits per heavy atom. The smallest absolute Gasteiger partial charge is 0.0214 e. The number of unbranched alkanes of at least 4 members (excludes halogenated alkanes) is 5. The van der Waals surface area contributed by atoms with E-state index in [0.717, 1.165) is 0 Å². The standard InChI is InChI=1S/C8H18ClP/c1-2-3-4-5-6-7-8-10-9/h10H,2-8H2,1H3. The van der Waals surface area contributed by atoms with Crippen LogP contribution in [-0.4, -0.2) is 6.16 Å². The van der Waals surface area contributed by atoms with Crippen molar-refractivity contribution in [1.29, 1.82) is 0 Å². The van der Waals surface area contributed by atoms with Crippen LogP contribution in [0, 0.1) is 0 Å². The van der Waals surface area contributed by atoms with Crippen LogP contribution in [0.2, 0.25) is 0 Å². The first kappa shape index (κ1) is 10.7. The van der Waals surface area contributed by atoms with Gasteiger partial charge in [-0.15, -0.1) is 11.2 Å². The van der Waals surface area contributed by atoms with Gasteiger partial charge in [0.2, 0.25) is 0 Å². The van der Waals surface area contributed by atoms with Gasteiger partial charge in [0.05, 0.1) is 0 Å². The van der Waals surface area contributed by atoms with Crippen LogP contribution in [0.25, 0.3) is 0 Å². The summed E-state index contributed by atoms with van der Waals surface area (Å²) in [5, 5.41) is 0. The Bertz CT molecular complexity index is 49.2. The molecule has 0 aromatic carbocycles. The van der Waals surface area contributed by atoms with Gasteiger partial charge in [-0.3, -0.25) is 0 Å². The van der Waals surface area contributed by atoms with Gasteiger partial charge < -0.3 is 0 Å². The molecule has 0 saturated heterocycles. The molecule has 62 valence electrons. The third-order valence-corrected chi connectivity index (χ3v) is 2.73. The summed E-state index contributed by atoms with van der Waals surface area (Å²) in [6.07, 6.45) is 9.54. The lowest BCUT2D eigenvalue weighted by atomic mass is 10.1. The maximum atomic E-state index is 5.57. The lowest BCUT2D eigenvalue weighted by Gasteiger charge is -1.97. The fourth-order valence-electron chi connectivity index (χ4n) is 0.972. The normalized spacial score (nSPS) is 11.4. The largest absolute Gasteiger partial charge is 0.100 e. The quantitative estimate of drug-likeness (QED) is 0.407. The number of hydrogen-bond donors (Lipinski definition) is 0. The second-order valence-corrected chi connectivity index (χ2v) is 4.22. The van der Waals surface area contributed by atoms with E-state index >= 15 is 0 Å². The molecule has 0 radical (unpaired) electrons. The second-order valence-electron chi connectivity index (χ2n) is 2.65. The number of halogens is 1. The summed E-state index contributed by atoms with van der Waals surface area (Å²) in [5.74, 6) is 0. The van der Waals surface area contributed by atoms with Gasteiger partial charge in [-0.2, -0.15) is 0 Å². The van der Waals surface area contributed by atoms with Gasteiger partial charge in [-0.25, -0.2) is 0 Å². The molecule has 0 aliphatic heterocycles. The van der Waals surface area contributed by atoms with E-state index in [9.17, 15) is 0 Å². The fraction of sp³-hybridized carbons (Fsp3) is 1.00. The van der Waals surface area contributed by atoms with Gasteiger partial charge in [-0.1, -0.05) is 39.0 Å². The fourth-order valence-corrected chi connectivity index (χ4v) is 1.76. The Kier molecular flexibility index (Phi) is 10.4. The molecule has 2 heteroatoms. The van der Waals surface area contributed by atoms with E-state index < -0.39 is 0 Å². The van der Waals surface area contributed by atoms with Gasteiger partial charge >= 0.3 is 0 Å². The van der Waals surface area contributed by atoms with E-state index in [1.807, 2.05) is 0 Å². The molecular weight excluding hydrogens is 163 g/mol. The highest BCUT2D eigenvalue weighted by Gasteiger charge is 1.88. The van der Waals surface area contributed by atoms with Crippen molar-refractivity contribution in [3.8, 4) is 0 Å². The maximum absolute atomic E-state index is 5.57.